The van der Waals surface area contributed by atoms with E-state index >= 15 is 0 Å². The van der Waals surface area contributed by atoms with Gasteiger partial charge in [0, 0.05) is 5.69 Å². The number of methoxy groups -OCH3 is 1. The van der Waals surface area contributed by atoms with Crippen LogP contribution in [0.3, 0.4) is 0 Å². The normalized spacial score (nSPS) is 11.8. The first-order valence-corrected chi connectivity index (χ1v) is 5.21. The second-order valence-electron chi connectivity index (χ2n) is 3.77. The monoisotopic (exact) mass is 255 g/mol. The van der Waals surface area contributed by atoms with Gasteiger partial charge < -0.3 is 15.2 Å². The molecule has 0 heterocycles. The predicted octanol–water partition coefficient (Wildman–Crippen LogP) is 1.43. The van der Waals surface area contributed by atoms with Crippen LogP contribution in [0.1, 0.15) is 22.8 Å². The van der Waals surface area contributed by atoms with Gasteiger partial charge in [0.05, 0.1) is 12.7 Å². The summed E-state index contributed by atoms with van der Waals surface area (Å²) in [7, 11) is 1.16. The molecular weight excluding hydrogens is 241 g/mol. The van der Waals surface area contributed by atoms with E-state index in [1.54, 1.807) is 0 Å². The smallest absolute Gasteiger partial charge is 0.346 e. The van der Waals surface area contributed by atoms with Gasteiger partial charge in [-0.1, -0.05) is 0 Å². The summed E-state index contributed by atoms with van der Waals surface area (Å²) < 4.78 is 22.9. The molecule has 0 aliphatic heterocycles. The summed E-state index contributed by atoms with van der Waals surface area (Å²) in [6.45, 7) is 2.81. The zero-order valence-corrected chi connectivity index (χ0v) is 10.3. The molecule has 2 N–H and O–H groups in total. The Morgan fingerprint density at radius 3 is 2.56 bits per heavy atom. The van der Waals surface area contributed by atoms with Crippen molar-refractivity contribution in [2.24, 2.45) is 0 Å². The number of esters is 2. The zero-order chi connectivity index (χ0) is 13.9. The molecule has 0 aliphatic rings. The summed E-state index contributed by atoms with van der Waals surface area (Å²) in [4.78, 5) is 22.8. The minimum atomic E-state index is -1.11. The lowest BCUT2D eigenvalue weighted by molar-refractivity contribution is -0.149. The second-order valence-corrected chi connectivity index (χ2v) is 3.77. The van der Waals surface area contributed by atoms with Gasteiger partial charge in [-0.3, -0.25) is 0 Å². The Kier molecular flexibility index (Phi) is 4.25. The van der Waals surface area contributed by atoms with E-state index in [1.165, 1.54) is 19.9 Å². The predicted molar refractivity (Wildman–Crippen MR) is 62.4 cm³/mol. The highest BCUT2D eigenvalue weighted by atomic mass is 19.1. The quantitative estimate of drug-likeness (QED) is 0.653. The molecule has 1 aromatic carbocycles. The first-order valence-electron chi connectivity index (χ1n) is 5.21. The van der Waals surface area contributed by atoms with E-state index < -0.39 is 23.9 Å². The van der Waals surface area contributed by atoms with Gasteiger partial charge in [-0.15, -0.1) is 0 Å². The number of carbonyl (C=O) groups is 2. The third-order valence-electron chi connectivity index (χ3n) is 2.31. The first kappa shape index (κ1) is 14.0. The number of ether oxygens (including phenoxy) is 2. The Hall–Kier alpha value is -2.11. The molecule has 0 spiro atoms. The van der Waals surface area contributed by atoms with Gasteiger partial charge in [0.25, 0.3) is 0 Å². The molecule has 0 radical (unpaired) electrons. The molecule has 5 nitrogen and oxygen atoms in total. The summed E-state index contributed by atoms with van der Waals surface area (Å²) >= 11 is 0. The topological polar surface area (TPSA) is 78.6 Å². The molecule has 1 aromatic rings. The van der Waals surface area contributed by atoms with E-state index in [2.05, 4.69) is 4.74 Å². The fourth-order valence-corrected chi connectivity index (χ4v) is 1.38. The van der Waals surface area contributed by atoms with Gasteiger partial charge in [-0.2, -0.15) is 0 Å². The Balaban J connectivity index is 2.95. The van der Waals surface area contributed by atoms with Crippen LogP contribution in [0.5, 0.6) is 0 Å². The van der Waals surface area contributed by atoms with Crippen molar-refractivity contribution in [2.45, 2.75) is 20.0 Å². The fourth-order valence-electron chi connectivity index (χ4n) is 1.38. The van der Waals surface area contributed by atoms with Crippen LogP contribution in [0.25, 0.3) is 0 Å². The average Bonchev–Trinajstić information content (AvgIpc) is 2.32. The van der Waals surface area contributed by atoms with Crippen LogP contribution in [0.2, 0.25) is 0 Å². The third kappa shape index (κ3) is 2.97. The summed E-state index contributed by atoms with van der Waals surface area (Å²) in [6.07, 6.45) is -1.11. The molecule has 0 aromatic heterocycles. The van der Waals surface area contributed by atoms with Crippen molar-refractivity contribution < 1.29 is 23.5 Å². The van der Waals surface area contributed by atoms with Crippen LogP contribution in [-0.4, -0.2) is 25.2 Å². The van der Waals surface area contributed by atoms with Crippen molar-refractivity contribution >= 4 is 17.6 Å². The maximum absolute atomic E-state index is 13.7. The van der Waals surface area contributed by atoms with Gasteiger partial charge in [0.15, 0.2) is 6.10 Å². The van der Waals surface area contributed by atoms with E-state index in [0.717, 1.165) is 13.2 Å². The van der Waals surface area contributed by atoms with Gasteiger partial charge in [0.2, 0.25) is 0 Å². The fraction of sp³-hybridized carbons (Fsp3) is 0.333. The Bertz CT molecular complexity index is 487. The summed E-state index contributed by atoms with van der Waals surface area (Å²) in [5, 5.41) is 0. The van der Waals surface area contributed by atoms with Crippen LogP contribution < -0.4 is 5.73 Å². The zero-order valence-electron chi connectivity index (χ0n) is 10.3. The molecule has 0 bridgehead atoms. The third-order valence-corrected chi connectivity index (χ3v) is 2.31. The van der Waals surface area contributed by atoms with Gasteiger partial charge in [-0.05, 0) is 31.5 Å². The Morgan fingerprint density at radius 1 is 1.39 bits per heavy atom. The molecule has 1 atom stereocenters. The van der Waals surface area contributed by atoms with E-state index in [9.17, 15) is 14.0 Å². The van der Waals surface area contributed by atoms with Crippen LogP contribution in [0.15, 0.2) is 12.1 Å². The SMILES string of the molecule is COC(=O)C(C)OC(=O)c1cc(N)cc(C)c1F. The van der Waals surface area contributed by atoms with Crippen molar-refractivity contribution in [3.8, 4) is 0 Å². The summed E-state index contributed by atoms with van der Waals surface area (Å²) in [5.74, 6) is -2.39. The lowest BCUT2D eigenvalue weighted by atomic mass is 10.1. The number of aryl methyl sites for hydroxylation is 1. The molecular formula is C12H14FNO4. The highest BCUT2D eigenvalue weighted by molar-refractivity contribution is 5.92. The molecule has 0 saturated heterocycles. The average molecular weight is 255 g/mol. The van der Waals surface area contributed by atoms with Gasteiger partial charge >= 0.3 is 11.9 Å². The summed E-state index contributed by atoms with van der Waals surface area (Å²) in [5.41, 5.74) is 5.69. The van der Waals surface area contributed by atoms with Crippen LogP contribution in [0.4, 0.5) is 10.1 Å². The van der Waals surface area contributed by atoms with Crippen LogP contribution in [-0.2, 0) is 14.3 Å². The number of rotatable bonds is 3. The standard InChI is InChI=1S/C12H14FNO4/c1-6-4-8(14)5-9(10(6)13)12(16)18-7(2)11(15)17-3/h4-5,7H,14H2,1-3H3. The maximum atomic E-state index is 13.7. The molecule has 1 unspecified atom stereocenters. The number of hydrogen-bond donors (Lipinski definition) is 1. The molecule has 6 heteroatoms. The largest absolute Gasteiger partial charge is 0.466 e. The highest BCUT2D eigenvalue weighted by Gasteiger charge is 2.22. The van der Waals surface area contributed by atoms with Crippen molar-refractivity contribution in [1.82, 2.24) is 0 Å². The molecule has 0 fully saturated rings. The molecule has 18 heavy (non-hydrogen) atoms. The first-order chi connectivity index (χ1) is 8.36. The number of anilines is 1. The summed E-state index contributed by atoms with van der Waals surface area (Å²) in [6, 6.07) is 2.56. The van der Waals surface area contributed by atoms with Crippen molar-refractivity contribution in [3.05, 3.63) is 29.1 Å². The number of halogens is 1. The lowest BCUT2D eigenvalue weighted by Gasteiger charge is -2.12. The van der Waals surface area contributed by atoms with Crippen molar-refractivity contribution in [3.63, 3.8) is 0 Å². The van der Waals surface area contributed by atoms with Crippen LogP contribution in [0, 0.1) is 12.7 Å². The van der Waals surface area contributed by atoms with E-state index in [0.29, 0.717) is 0 Å². The minimum absolute atomic E-state index is 0.229. The molecule has 0 saturated carbocycles. The van der Waals surface area contributed by atoms with Crippen LogP contribution >= 0.6 is 0 Å². The highest BCUT2D eigenvalue weighted by Crippen LogP contribution is 2.18. The lowest BCUT2D eigenvalue weighted by Crippen LogP contribution is -2.26. The Labute approximate surface area is 104 Å². The maximum Gasteiger partial charge on any atom is 0.346 e. The molecule has 98 valence electrons. The van der Waals surface area contributed by atoms with E-state index in [1.807, 2.05) is 0 Å². The van der Waals surface area contributed by atoms with Crippen molar-refractivity contribution in [1.29, 1.82) is 0 Å². The Morgan fingerprint density at radius 2 is 2.00 bits per heavy atom. The van der Waals surface area contributed by atoms with E-state index in [-0.39, 0.29) is 16.8 Å². The second kappa shape index (κ2) is 5.48. The number of benzene rings is 1. The minimum Gasteiger partial charge on any atom is -0.466 e. The van der Waals surface area contributed by atoms with Gasteiger partial charge in [-0.25, -0.2) is 14.0 Å². The molecule has 0 amide bonds. The number of nitrogens with two attached hydrogens (primary N) is 1. The molecule has 1 rings (SSSR count). The van der Waals surface area contributed by atoms with Crippen molar-refractivity contribution in [2.75, 3.05) is 12.8 Å². The number of hydrogen-bond acceptors (Lipinski definition) is 5. The number of carbonyl (C=O) groups excluding carboxylic acids is 2. The number of nitrogen functional groups attached to an aromatic ring is 1. The van der Waals surface area contributed by atoms with E-state index in [4.69, 9.17) is 10.5 Å². The van der Waals surface area contributed by atoms with Gasteiger partial charge in [0.1, 0.15) is 5.82 Å². The molecule has 0 aliphatic carbocycles.